The highest BCUT2D eigenvalue weighted by Gasteiger charge is 1.95. The van der Waals surface area contributed by atoms with Gasteiger partial charge in [0, 0.05) is 0 Å². The SMILES string of the molecule is CCCC.O=[PH](O)OCc1ccc(F)cc1. The van der Waals surface area contributed by atoms with Crippen LogP contribution in [0.3, 0.4) is 0 Å². The lowest BCUT2D eigenvalue weighted by Gasteiger charge is -1.99. The quantitative estimate of drug-likeness (QED) is 0.829. The van der Waals surface area contributed by atoms with Crippen LogP contribution in [0.5, 0.6) is 0 Å². The van der Waals surface area contributed by atoms with Gasteiger partial charge in [0.25, 0.3) is 0 Å². The molecule has 1 unspecified atom stereocenters. The van der Waals surface area contributed by atoms with Crippen LogP contribution in [-0.4, -0.2) is 4.89 Å². The molecule has 0 spiro atoms. The standard InChI is InChI=1S/C7H8FO3P.C4H10/c8-7-3-1-6(2-4-7)5-11-12(9)10;1-3-4-2/h1-4,12H,5H2,(H,9,10);3-4H2,1-2H3. The van der Waals surface area contributed by atoms with Crippen molar-refractivity contribution in [1.29, 1.82) is 0 Å². The van der Waals surface area contributed by atoms with E-state index in [1.807, 2.05) is 0 Å². The molecule has 0 aromatic heterocycles. The van der Waals surface area contributed by atoms with E-state index in [-0.39, 0.29) is 12.4 Å². The molecule has 92 valence electrons. The van der Waals surface area contributed by atoms with Crippen LogP contribution in [-0.2, 0) is 15.7 Å². The third-order valence-corrected chi connectivity index (χ3v) is 2.17. The summed E-state index contributed by atoms with van der Waals surface area (Å²) >= 11 is 0. The Morgan fingerprint density at radius 3 is 2.12 bits per heavy atom. The Morgan fingerprint density at radius 2 is 1.75 bits per heavy atom. The van der Waals surface area contributed by atoms with E-state index in [4.69, 9.17) is 4.89 Å². The van der Waals surface area contributed by atoms with Crippen molar-refractivity contribution >= 4 is 8.25 Å². The van der Waals surface area contributed by atoms with Gasteiger partial charge in [-0.3, -0.25) is 4.57 Å². The summed E-state index contributed by atoms with van der Waals surface area (Å²) in [4.78, 5) is 8.32. The summed E-state index contributed by atoms with van der Waals surface area (Å²) in [6, 6.07) is 5.54. The Morgan fingerprint density at radius 1 is 1.25 bits per heavy atom. The number of rotatable bonds is 4. The first-order chi connectivity index (χ1) is 7.60. The molecule has 1 N–H and O–H groups in total. The van der Waals surface area contributed by atoms with Crippen molar-refractivity contribution in [1.82, 2.24) is 0 Å². The minimum Gasteiger partial charge on any atom is -0.326 e. The maximum absolute atomic E-state index is 12.3. The fourth-order valence-electron chi connectivity index (χ4n) is 0.726. The van der Waals surface area contributed by atoms with Gasteiger partial charge in [0.1, 0.15) is 5.82 Å². The molecular formula is C11H18FO3P. The predicted octanol–water partition coefficient (Wildman–Crippen LogP) is 3.53. The van der Waals surface area contributed by atoms with Crippen molar-refractivity contribution in [2.24, 2.45) is 0 Å². The molecule has 0 aliphatic rings. The zero-order valence-electron chi connectivity index (χ0n) is 9.57. The van der Waals surface area contributed by atoms with E-state index in [9.17, 15) is 8.96 Å². The summed E-state index contributed by atoms with van der Waals surface area (Å²) in [5.74, 6) is -0.338. The molecule has 1 atom stereocenters. The van der Waals surface area contributed by atoms with Gasteiger partial charge in [-0.15, -0.1) is 0 Å². The second-order valence-electron chi connectivity index (χ2n) is 3.18. The second-order valence-corrected chi connectivity index (χ2v) is 4.00. The summed E-state index contributed by atoms with van der Waals surface area (Å²) in [6.45, 7) is 4.40. The normalized spacial score (nSPS) is 11.5. The van der Waals surface area contributed by atoms with Crippen LogP contribution in [0.4, 0.5) is 4.39 Å². The van der Waals surface area contributed by atoms with E-state index < -0.39 is 8.25 Å². The second kappa shape index (κ2) is 9.52. The predicted molar refractivity (Wildman–Crippen MR) is 63.0 cm³/mol. The third kappa shape index (κ3) is 8.60. The van der Waals surface area contributed by atoms with Crippen LogP contribution >= 0.6 is 8.25 Å². The molecule has 0 amide bonds. The van der Waals surface area contributed by atoms with Gasteiger partial charge in [0.05, 0.1) is 6.61 Å². The molecule has 0 saturated heterocycles. The lowest BCUT2D eigenvalue weighted by Crippen LogP contribution is -1.85. The van der Waals surface area contributed by atoms with Crippen LogP contribution in [0.2, 0.25) is 0 Å². The van der Waals surface area contributed by atoms with E-state index >= 15 is 0 Å². The van der Waals surface area contributed by atoms with E-state index in [0.717, 1.165) is 0 Å². The monoisotopic (exact) mass is 248 g/mol. The third-order valence-electron chi connectivity index (χ3n) is 1.78. The van der Waals surface area contributed by atoms with Gasteiger partial charge in [-0.2, -0.15) is 0 Å². The average molecular weight is 248 g/mol. The van der Waals surface area contributed by atoms with Gasteiger partial charge in [0.2, 0.25) is 0 Å². The molecule has 0 saturated carbocycles. The Labute approximate surface area is 96.2 Å². The van der Waals surface area contributed by atoms with Gasteiger partial charge in [-0.25, -0.2) is 4.39 Å². The van der Waals surface area contributed by atoms with Crippen molar-refractivity contribution in [3.8, 4) is 0 Å². The Hall–Kier alpha value is -0.700. The summed E-state index contributed by atoms with van der Waals surface area (Å²) < 4.78 is 26.9. The number of hydrogen-bond donors (Lipinski definition) is 1. The van der Waals surface area contributed by atoms with Gasteiger partial charge in [-0.05, 0) is 17.7 Å². The molecule has 3 nitrogen and oxygen atoms in total. The lowest BCUT2D eigenvalue weighted by atomic mass is 10.2. The van der Waals surface area contributed by atoms with E-state index in [0.29, 0.717) is 5.56 Å². The lowest BCUT2D eigenvalue weighted by molar-refractivity contribution is 0.272. The zero-order chi connectivity index (χ0) is 12.4. The molecule has 0 bridgehead atoms. The first kappa shape index (κ1) is 15.3. The van der Waals surface area contributed by atoms with Gasteiger partial charge in [-0.1, -0.05) is 38.8 Å². The maximum Gasteiger partial charge on any atom is 0.316 e. The number of unbranched alkanes of at least 4 members (excludes halogenated alkanes) is 1. The molecule has 0 aliphatic heterocycles. The van der Waals surface area contributed by atoms with E-state index in [1.165, 1.54) is 37.1 Å². The Kier molecular flexibility index (Phi) is 9.10. The Bertz CT molecular complexity index is 299. The summed E-state index contributed by atoms with van der Waals surface area (Å²) in [5, 5.41) is 0. The van der Waals surface area contributed by atoms with Crippen LogP contribution in [0.25, 0.3) is 0 Å². The molecule has 1 aromatic rings. The summed E-state index contributed by atoms with van der Waals surface area (Å²) in [5.41, 5.74) is 0.670. The van der Waals surface area contributed by atoms with Crippen molar-refractivity contribution in [2.45, 2.75) is 33.3 Å². The largest absolute Gasteiger partial charge is 0.326 e. The molecule has 1 aromatic carbocycles. The van der Waals surface area contributed by atoms with Crippen molar-refractivity contribution in [3.63, 3.8) is 0 Å². The minimum absolute atomic E-state index is 0.0363. The number of benzene rings is 1. The van der Waals surface area contributed by atoms with Crippen molar-refractivity contribution < 1.29 is 18.4 Å². The van der Waals surface area contributed by atoms with Crippen LogP contribution in [0.15, 0.2) is 24.3 Å². The Balaban J connectivity index is 0.000000487. The van der Waals surface area contributed by atoms with Crippen molar-refractivity contribution in [2.75, 3.05) is 0 Å². The van der Waals surface area contributed by atoms with Gasteiger partial charge < -0.3 is 9.42 Å². The van der Waals surface area contributed by atoms with E-state index in [1.54, 1.807) is 0 Å². The van der Waals surface area contributed by atoms with Gasteiger partial charge in [0.15, 0.2) is 0 Å². The minimum atomic E-state index is -2.89. The fourth-order valence-corrected chi connectivity index (χ4v) is 1.02. The highest BCUT2D eigenvalue weighted by atomic mass is 31.1. The molecule has 0 aliphatic carbocycles. The zero-order valence-corrected chi connectivity index (χ0v) is 10.6. The first-order valence-electron chi connectivity index (χ1n) is 5.20. The first-order valence-corrected chi connectivity index (χ1v) is 6.46. The molecule has 0 radical (unpaired) electrons. The molecule has 1 rings (SSSR count). The number of hydrogen-bond acceptors (Lipinski definition) is 2. The van der Waals surface area contributed by atoms with Crippen molar-refractivity contribution in [3.05, 3.63) is 35.6 Å². The topological polar surface area (TPSA) is 46.5 Å². The van der Waals surface area contributed by atoms with Crippen LogP contribution in [0.1, 0.15) is 32.3 Å². The number of halogens is 1. The molecule has 16 heavy (non-hydrogen) atoms. The van der Waals surface area contributed by atoms with E-state index in [2.05, 4.69) is 18.4 Å². The average Bonchev–Trinajstić information content (AvgIpc) is 2.28. The summed E-state index contributed by atoms with van der Waals surface area (Å²) in [7, 11) is -2.89. The summed E-state index contributed by atoms with van der Waals surface area (Å²) in [6.07, 6.45) is 2.64. The molecule has 0 heterocycles. The molecule has 0 fully saturated rings. The maximum atomic E-state index is 12.3. The van der Waals surface area contributed by atoms with Crippen LogP contribution in [0, 0.1) is 5.82 Å². The fraction of sp³-hybridized carbons (Fsp3) is 0.455. The van der Waals surface area contributed by atoms with Gasteiger partial charge >= 0.3 is 8.25 Å². The highest BCUT2D eigenvalue weighted by molar-refractivity contribution is 7.32. The van der Waals surface area contributed by atoms with Crippen LogP contribution < -0.4 is 0 Å². The molecular weight excluding hydrogens is 230 g/mol. The highest BCUT2D eigenvalue weighted by Crippen LogP contribution is 2.17. The molecule has 5 heteroatoms. The smallest absolute Gasteiger partial charge is 0.316 e.